The summed E-state index contributed by atoms with van der Waals surface area (Å²) in [5.74, 6) is 0.00350. The van der Waals surface area contributed by atoms with Crippen molar-refractivity contribution in [2.24, 2.45) is 10.9 Å². The van der Waals surface area contributed by atoms with Gasteiger partial charge >= 0.3 is 5.97 Å². The van der Waals surface area contributed by atoms with E-state index in [1.54, 1.807) is 0 Å². The van der Waals surface area contributed by atoms with Crippen LogP contribution in [0.4, 0.5) is 0 Å². The molecule has 1 aromatic rings. The SMILES string of the molecule is C=C1C(Cc2ccc(Cl)cc2)C(C)NN1C1=NC(C)C(C(=O)OC)S1. The van der Waals surface area contributed by atoms with E-state index in [2.05, 4.69) is 23.9 Å². The predicted octanol–water partition coefficient (Wildman–Crippen LogP) is 3.25. The Hall–Kier alpha value is -1.50. The quantitative estimate of drug-likeness (QED) is 0.817. The summed E-state index contributed by atoms with van der Waals surface area (Å²) < 4.78 is 4.87. The van der Waals surface area contributed by atoms with E-state index in [0.717, 1.165) is 22.3 Å². The van der Waals surface area contributed by atoms with E-state index < -0.39 is 0 Å². The van der Waals surface area contributed by atoms with Gasteiger partial charge in [0.1, 0.15) is 5.25 Å². The normalized spacial score (nSPS) is 29.0. The second-order valence-electron chi connectivity index (χ2n) is 6.40. The molecule has 0 aliphatic carbocycles. The van der Waals surface area contributed by atoms with Crippen LogP contribution in [0.1, 0.15) is 19.4 Å². The standard InChI is InChI=1S/C18H22ClN3O2S/c1-10-15(9-13-5-7-14(19)8-6-13)12(3)22(21-10)18-20-11(2)16(25-18)17(23)24-4/h5-8,10-11,15-16,21H,3,9H2,1-2,4H3. The number of carbonyl (C=O) groups excluding carboxylic acids is 1. The highest BCUT2D eigenvalue weighted by Gasteiger charge is 2.41. The largest absolute Gasteiger partial charge is 0.468 e. The second kappa shape index (κ2) is 7.40. The third kappa shape index (κ3) is 3.71. The fourth-order valence-corrected chi connectivity index (χ4v) is 4.44. The number of aliphatic imine (C=N–C) groups is 1. The van der Waals surface area contributed by atoms with Gasteiger partial charge in [0.15, 0.2) is 5.17 Å². The third-order valence-electron chi connectivity index (χ3n) is 4.63. The van der Waals surface area contributed by atoms with Gasteiger partial charge in [0.05, 0.1) is 13.2 Å². The molecular formula is C18H22ClN3O2S. The van der Waals surface area contributed by atoms with Crippen LogP contribution in [-0.2, 0) is 16.0 Å². The molecule has 1 N–H and O–H groups in total. The van der Waals surface area contributed by atoms with Crippen molar-refractivity contribution >= 4 is 34.5 Å². The number of hydrogen-bond acceptors (Lipinski definition) is 6. The summed E-state index contributed by atoms with van der Waals surface area (Å²) in [5.41, 5.74) is 5.61. The summed E-state index contributed by atoms with van der Waals surface area (Å²) in [6, 6.07) is 8.00. The maximum absolute atomic E-state index is 11.9. The van der Waals surface area contributed by atoms with Crippen LogP contribution in [-0.4, -0.2) is 40.6 Å². The van der Waals surface area contributed by atoms with Gasteiger partial charge in [0.25, 0.3) is 0 Å². The Kier molecular flexibility index (Phi) is 5.41. The molecule has 0 amide bonds. The zero-order valence-electron chi connectivity index (χ0n) is 14.5. The maximum Gasteiger partial charge on any atom is 0.321 e. The van der Waals surface area contributed by atoms with Crippen molar-refractivity contribution in [1.29, 1.82) is 0 Å². The summed E-state index contributed by atoms with van der Waals surface area (Å²) in [4.78, 5) is 16.5. The molecule has 25 heavy (non-hydrogen) atoms. The van der Waals surface area contributed by atoms with Gasteiger partial charge in [-0.3, -0.25) is 14.8 Å². The van der Waals surface area contributed by atoms with Crippen molar-refractivity contribution in [2.75, 3.05) is 7.11 Å². The van der Waals surface area contributed by atoms with Crippen LogP contribution in [0.25, 0.3) is 0 Å². The van der Waals surface area contributed by atoms with Crippen LogP contribution in [0.5, 0.6) is 0 Å². The summed E-state index contributed by atoms with van der Waals surface area (Å²) in [5, 5.41) is 3.13. The smallest absolute Gasteiger partial charge is 0.321 e. The van der Waals surface area contributed by atoms with Gasteiger partial charge in [-0.25, -0.2) is 5.43 Å². The van der Waals surface area contributed by atoms with Gasteiger partial charge in [-0.05, 0) is 38.0 Å². The van der Waals surface area contributed by atoms with E-state index in [0.29, 0.717) is 0 Å². The molecule has 0 bridgehead atoms. The van der Waals surface area contributed by atoms with Crippen molar-refractivity contribution < 1.29 is 9.53 Å². The lowest BCUT2D eigenvalue weighted by atomic mass is 9.92. The molecule has 7 heteroatoms. The van der Waals surface area contributed by atoms with Crippen LogP contribution in [0.15, 0.2) is 41.5 Å². The van der Waals surface area contributed by atoms with Gasteiger partial charge in [0, 0.05) is 22.7 Å². The lowest BCUT2D eigenvalue weighted by molar-refractivity contribution is -0.140. The number of benzene rings is 1. The molecule has 2 aliphatic heterocycles. The van der Waals surface area contributed by atoms with Crippen molar-refractivity contribution in [3.63, 3.8) is 0 Å². The highest BCUT2D eigenvalue weighted by atomic mass is 35.5. The molecule has 0 saturated carbocycles. The fraction of sp³-hybridized carbons (Fsp3) is 0.444. The van der Waals surface area contributed by atoms with E-state index in [1.165, 1.54) is 24.4 Å². The monoisotopic (exact) mass is 379 g/mol. The highest BCUT2D eigenvalue weighted by molar-refractivity contribution is 8.15. The molecule has 2 aliphatic rings. The summed E-state index contributed by atoms with van der Waals surface area (Å²) >= 11 is 7.39. The number of ether oxygens (including phenoxy) is 1. The minimum absolute atomic E-state index is 0.118. The molecule has 5 nitrogen and oxygen atoms in total. The topological polar surface area (TPSA) is 53.9 Å². The first kappa shape index (κ1) is 18.3. The predicted molar refractivity (Wildman–Crippen MR) is 103 cm³/mol. The summed E-state index contributed by atoms with van der Waals surface area (Å²) in [6.07, 6.45) is 0.870. The van der Waals surface area contributed by atoms with Gasteiger partial charge in [-0.2, -0.15) is 0 Å². The minimum Gasteiger partial charge on any atom is -0.468 e. The lowest BCUT2D eigenvalue weighted by Gasteiger charge is -2.20. The highest BCUT2D eigenvalue weighted by Crippen LogP contribution is 2.36. The number of halogens is 1. The minimum atomic E-state index is -0.305. The molecule has 134 valence electrons. The number of nitrogens with one attached hydrogen (secondary N) is 1. The van der Waals surface area contributed by atoms with E-state index in [-0.39, 0.29) is 29.2 Å². The Balaban J connectivity index is 1.71. The van der Waals surface area contributed by atoms with Gasteiger partial charge in [0.2, 0.25) is 0 Å². The average molecular weight is 380 g/mol. The molecule has 0 spiro atoms. The van der Waals surface area contributed by atoms with Crippen molar-refractivity contribution in [3.8, 4) is 0 Å². The molecule has 4 atom stereocenters. The number of amidine groups is 1. The number of methoxy groups -OCH3 is 1. The Morgan fingerprint density at radius 2 is 2.08 bits per heavy atom. The molecule has 1 aromatic carbocycles. The van der Waals surface area contributed by atoms with Crippen molar-refractivity contribution in [3.05, 3.63) is 47.1 Å². The van der Waals surface area contributed by atoms with Crippen molar-refractivity contribution in [1.82, 2.24) is 10.4 Å². The fourth-order valence-electron chi connectivity index (χ4n) is 3.13. The van der Waals surface area contributed by atoms with Crippen LogP contribution in [0.2, 0.25) is 5.02 Å². The van der Waals surface area contributed by atoms with E-state index >= 15 is 0 Å². The number of nitrogens with zero attached hydrogens (tertiary/aromatic N) is 2. The first-order valence-electron chi connectivity index (χ1n) is 8.22. The summed E-state index contributed by atoms with van der Waals surface area (Å²) in [7, 11) is 1.41. The Bertz CT molecular complexity index is 707. The van der Waals surface area contributed by atoms with Crippen LogP contribution in [0.3, 0.4) is 0 Å². The van der Waals surface area contributed by atoms with E-state index in [9.17, 15) is 4.79 Å². The van der Waals surface area contributed by atoms with E-state index in [4.69, 9.17) is 16.3 Å². The number of hydrazine groups is 1. The molecule has 1 fully saturated rings. The number of carbonyl (C=O) groups is 1. The van der Waals surface area contributed by atoms with Crippen LogP contribution >= 0.6 is 23.4 Å². The average Bonchev–Trinajstić information content (AvgIpc) is 3.10. The first-order valence-corrected chi connectivity index (χ1v) is 9.48. The Morgan fingerprint density at radius 1 is 1.40 bits per heavy atom. The van der Waals surface area contributed by atoms with Crippen molar-refractivity contribution in [2.45, 2.75) is 37.6 Å². The summed E-state index contributed by atoms with van der Waals surface area (Å²) in [6.45, 7) is 8.33. The van der Waals surface area contributed by atoms with E-state index in [1.807, 2.05) is 36.2 Å². The molecule has 1 saturated heterocycles. The molecule has 0 radical (unpaired) electrons. The third-order valence-corrected chi connectivity index (χ3v) is 6.22. The number of rotatable bonds is 3. The maximum atomic E-state index is 11.9. The number of hydrogen-bond donors (Lipinski definition) is 1. The van der Waals surface area contributed by atoms with Gasteiger partial charge < -0.3 is 4.74 Å². The lowest BCUT2D eigenvalue weighted by Crippen LogP contribution is -2.37. The van der Waals surface area contributed by atoms with Crippen LogP contribution < -0.4 is 5.43 Å². The Labute approximate surface area is 157 Å². The van der Waals surface area contributed by atoms with Crippen LogP contribution in [0, 0.1) is 5.92 Å². The molecule has 2 heterocycles. The zero-order valence-corrected chi connectivity index (χ0v) is 16.1. The Morgan fingerprint density at radius 3 is 2.72 bits per heavy atom. The van der Waals surface area contributed by atoms with Gasteiger partial charge in [-0.15, -0.1) is 0 Å². The second-order valence-corrected chi connectivity index (χ2v) is 7.94. The molecule has 0 aromatic heterocycles. The molecule has 4 unspecified atom stereocenters. The first-order chi connectivity index (χ1) is 11.9. The van der Waals surface area contributed by atoms with Gasteiger partial charge in [-0.1, -0.05) is 42.1 Å². The zero-order chi connectivity index (χ0) is 18.1. The number of thioether (sulfide) groups is 1. The molecular weight excluding hydrogens is 358 g/mol. The molecule has 3 rings (SSSR count). The number of esters is 1.